The second-order valence-corrected chi connectivity index (χ2v) is 6.19. The summed E-state index contributed by atoms with van der Waals surface area (Å²) in [7, 11) is 1.54. The molecular weight excluding hydrogens is 414 g/mol. The van der Waals surface area contributed by atoms with Crippen molar-refractivity contribution in [1.82, 2.24) is 5.32 Å². The molecule has 20 heavy (non-hydrogen) atoms. The van der Waals surface area contributed by atoms with Gasteiger partial charge in [0.1, 0.15) is 5.75 Å². The second-order valence-electron chi connectivity index (χ2n) is 4.62. The summed E-state index contributed by atoms with van der Waals surface area (Å²) in [5.41, 5.74) is 6.14. The minimum absolute atomic E-state index is 0. The van der Waals surface area contributed by atoms with E-state index in [1.54, 1.807) is 12.1 Å². The molecule has 0 aliphatic heterocycles. The van der Waals surface area contributed by atoms with Crippen molar-refractivity contribution < 1.29 is 9.53 Å². The standard InChI is InChI=1S/C13H16ClIN2O2.ClH/c1-19-12-5-10(15)9(14)4-8(12)13(18)17-11(6-16)7-2-3-7;/h4-5,7,11H,2-3,6,16H2,1H3,(H,17,18);1H. The molecule has 0 aromatic heterocycles. The van der Waals surface area contributed by atoms with Gasteiger partial charge in [-0.2, -0.15) is 0 Å². The Labute approximate surface area is 143 Å². The summed E-state index contributed by atoms with van der Waals surface area (Å²) >= 11 is 8.17. The summed E-state index contributed by atoms with van der Waals surface area (Å²) < 4.78 is 6.09. The third-order valence-corrected chi connectivity index (χ3v) is 4.77. The lowest BCUT2D eigenvalue weighted by atomic mass is 10.1. The predicted molar refractivity (Wildman–Crippen MR) is 91.0 cm³/mol. The molecular formula is C13H17Cl2IN2O2. The van der Waals surface area contributed by atoms with Gasteiger partial charge in [-0.15, -0.1) is 12.4 Å². The van der Waals surface area contributed by atoms with Gasteiger partial charge in [0.15, 0.2) is 0 Å². The number of nitrogens with one attached hydrogen (secondary N) is 1. The molecule has 1 amide bonds. The van der Waals surface area contributed by atoms with Crippen molar-refractivity contribution in [3.05, 3.63) is 26.3 Å². The molecule has 1 aliphatic rings. The number of amides is 1. The quantitative estimate of drug-likeness (QED) is 0.706. The fraction of sp³-hybridized carbons (Fsp3) is 0.462. The fourth-order valence-electron chi connectivity index (χ4n) is 1.99. The Balaban J connectivity index is 0.00000200. The van der Waals surface area contributed by atoms with Crippen LogP contribution in [0.5, 0.6) is 5.75 Å². The van der Waals surface area contributed by atoms with Crippen molar-refractivity contribution in [1.29, 1.82) is 0 Å². The van der Waals surface area contributed by atoms with E-state index in [0.29, 0.717) is 28.8 Å². The van der Waals surface area contributed by atoms with Crippen LogP contribution in [-0.4, -0.2) is 25.6 Å². The number of rotatable bonds is 5. The molecule has 0 spiro atoms. The van der Waals surface area contributed by atoms with E-state index in [-0.39, 0.29) is 24.4 Å². The van der Waals surface area contributed by atoms with Gasteiger partial charge in [0.05, 0.1) is 17.7 Å². The minimum Gasteiger partial charge on any atom is -0.496 e. The highest BCUT2D eigenvalue weighted by molar-refractivity contribution is 14.1. The SMILES string of the molecule is COc1cc(I)c(Cl)cc1C(=O)NC(CN)C1CC1.Cl. The molecule has 1 unspecified atom stereocenters. The Morgan fingerprint density at radius 3 is 2.75 bits per heavy atom. The molecule has 0 radical (unpaired) electrons. The van der Waals surface area contributed by atoms with Gasteiger partial charge in [-0.05, 0) is 53.5 Å². The maximum absolute atomic E-state index is 12.3. The Morgan fingerprint density at radius 1 is 1.60 bits per heavy atom. The van der Waals surface area contributed by atoms with Gasteiger partial charge in [0.25, 0.3) is 5.91 Å². The first-order chi connectivity index (χ1) is 9.06. The normalized spacial score (nSPS) is 15.2. The number of carbonyl (C=O) groups excluding carboxylic acids is 1. The third-order valence-electron chi connectivity index (χ3n) is 3.25. The maximum Gasteiger partial charge on any atom is 0.255 e. The lowest BCUT2D eigenvalue weighted by molar-refractivity contribution is 0.0930. The van der Waals surface area contributed by atoms with E-state index in [0.717, 1.165) is 16.4 Å². The van der Waals surface area contributed by atoms with Gasteiger partial charge >= 0.3 is 0 Å². The van der Waals surface area contributed by atoms with E-state index in [2.05, 4.69) is 27.9 Å². The fourth-order valence-corrected chi connectivity index (χ4v) is 2.59. The van der Waals surface area contributed by atoms with Crippen molar-refractivity contribution in [3.8, 4) is 5.75 Å². The molecule has 3 N–H and O–H groups in total. The molecule has 2 rings (SSSR count). The number of hydrogen-bond acceptors (Lipinski definition) is 3. The average Bonchev–Trinajstić information content (AvgIpc) is 3.22. The molecule has 0 bridgehead atoms. The van der Waals surface area contributed by atoms with Crippen LogP contribution in [0.15, 0.2) is 12.1 Å². The number of carbonyl (C=O) groups is 1. The molecule has 0 saturated heterocycles. The highest BCUT2D eigenvalue weighted by atomic mass is 127. The van der Waals surface area contributed by atoms with Crippen LogP contribution in [0.25, 0.3) is 0 Å². The Bertz CT molecular complexity index is 496. The summed E-state index contributed by atoms with van der Waals surface area (Å²) in [6, 6.07) is 3.43. The molecule has 0 heterocycles. The van der Waals surface area contributed by atoms with Crippen molar-refractivity contribution in [2.45, 2.75) is 18.9 Å². The lowest BCUT2D eigenvalue weighted by Crippen LogP contribution is -2.41. The van der Waals surface area contributed by atoms with E-state index in [9.17, 15) is 4.79 Å². The van der Waals surface area contributed by atoms with E-state index < -0.39 is 0 Å². The zero-order valence-corrected chi connectivity index (χ0v) is 14.7. The first-order valence-corrected chi connectivity index (χ1v) is 7.56. The molecule has 1 aromatic rings. The van der Waals surface area contributed by atoms with Crippen LogP contribution in [0.3, 0.4) is 0 Å². The minimum atomic E-state index is -0.183. The van der Waals surface area contributed by atoms with Gasteiger partial charge in [-0.3, -0.25) is 4.79 Å². The van der Waals surface area contributed by atoms with Crippen LogP contribution in [-0.2, 0) is 0 Å². The summed E-state index contributed by atoms with van der Waals surface area (Å²) in [4.78, 5) is 12.3. The van der Waals surface area contributed by atoms with Crippen molar-refractivity contribution in [3.63, 3.8) is 0 Å². The van der Waals surface area contributed by atoms with Crippen molar-refractivity contribution >= 4 is 52.5 Å². The molecule has 4 nitrogen and oxygen atoms in total. The number of halogens is 3. The van der Waals surface area contributed by atoms with E-state index >= 15 is 0 Å². The van der Waals surface area contributed by atoms with Crippen molar-refractivity contribution in [2.75, 3.05) is 13.7 Å². The molecule has 1 aliphatic carbocycles. The average molecular weight is 431 g/mol. The van der Waals surface area contributed by atoms with Crippen LogP contribution in [0.1, 0.15) is 23.2 Å². The first kappa shape index (κ1) is 17.8. The van der Waals surface area contributed by atoms with Gasteiger partial charge in [0, 0.05) is 16.2 Å². The van der Waals surface area contributed by atoms with Crippen LogP contribution in [0.4, 0.5) is 0 Å². The Hall–Kier alpha value is -0.240. The maximum atomic E-state index is 12.3. The molecule has 1 saturated carbocycles. The first-order valence-electron chi connectivity index (χ1n) is 6.10. The molecule has 1 fully saturated rings. The van der Waals surface area contributed by atoms with Crippen LogP contribution in [0.2, 0.25) is 5.02 Å². The second kappa shape index (κ2) is 7.68. The van der Waals surface area contributed by atoms with Crippen LogP contribution in [0, 0.1) is 9.49 Å². The molecule has 112 valence electrons. The number of hydrogen-bond donors (Lipinski definition) is 2. The highest BCUT2D eigenvalue weighted by Gasteiger charge is 2.32. The zero-order chi connectivity index (χ0) is 14.0. The molecule has 1 atom stereocenters. The highest BCUT2D eigenvalue weighted by Crippen LogP contribution is 2.33. The van der Waals surface area contributed by atoms with E-state index in [4.69, 9.17) is 22.1 Å². The lowest BCUT2D eigenvalue weighted by Gasteiger charge is -2.17. The van der Waals surface area contributed by atoms with Gasteiger partial charge in [-0.1, -0.05) is 11.6 Å². The smallest absolute Gasteiger partial charge is 0.255 e. The van der Waals surface area contributed by atoms with E-state index in [1.165, 1.54) is 7.11 Å². The Kier molecular flexibility index (Phi) is 6.84. The summed E-state index contributed by atoms with van der Waals surface area (Å²) in [6.07, 6.45) is 2.26. The van der Waals surface area contributed by atoms with E-state index in [1.807, 2.05) is 0 Å². The topological polar surface area (TPSA) is 64.3 Å². The number of nitrogens with two attached hydrogens (primary N) is 1. The van der Waals surface area contributed by atoms with Gasteiger partial charge < -0.3 is 15.8 Å². The number of methoxy groups -OCH3 is 1. The summed E-state index contributed by atoms with van der Waals surface area (Å²) in [5, 5.41) is 3.51. The monoisotopic (exact) mass is 430 g/mol. The summed E-state index contributed by atoms with van der Waals surface area (Å²) in [6.45, 7) is 0.455. The van der Waals surface area contributed by atoms with Gasteiger partial charge in [0.2, 0.25) is 0 Å². The molecule has 7 heteroatoms. The van der Waals surface area contributed by atoms with Crippen LogP contribution >= 0.6 is 46.6 Å². The largest absolute Gasteiger partial charge is 0.496 e. The summed E-state index contributed by atoms with van der Waals surface area (Å²) in [5.74, 6) is 0.856. The van der Waals surface area contributed by atoms with Crippen molar-refractivity contribution in [2.24, 2.45) is 11.7 Å². The Morgan fingerprint density at radius 2 is 2.25 bits per heavy atom. The third kappa shape index (κ3) is 4.13. The zero-order valence-electron chi connectivity index (χ0n) is 11.0. The number of benzene rings is 1. The molecule has 1 aromatic carbocycles. The number of ether oxygens (including phenoxy) is 1. The van der Waals surface area contributed by atoms with Gasteiger partial charge in [-0.25, -0.2) is 0 Å². The predicted octanol–water partition coefficient (Wildman–Crippen LogP) is 2.84. The van der Waals surface area contributed by atoms with Crippen LogP contribution < -0.4 is 15.8 Å².